The minimum atomic E-state index is -0.0973. The van der Waals surface area contributed by atoms with E-state index >= 15 is 0 Å². The highest BCUT2D eigenvalue weighted by molar-refractivity contribution is 6.13. The molecule has 4 aliphatic rings. The van der Waals surface area contributed by atoms with Crippen molar-refractivity contribution in [3.8, 4) is 0 Å². The molecule has 0 spiro atoms. The van der Waals surface area contributed by atoms with E-state index in [-0.39, 0.29) is 5.54 Å². The average molecular weight is 382 g/mol. The second-order valence-electron chi connectivity index (χ2n) is 9.02. The summed E-state index contributed by atoms with van der Waals surface area (Å²) in [5.41, 5.74) is 7.75. The molecule has 3 aliphatic carbocycles. The summed E-state index contributed by atoms with van der Waals surface area (Å²) >= 11 is 0. The van der Waals surface area contributed by atoms with Crippen molar-refractivity contribution in [3.63, 3.8) is 0 Å². The van der Waals surface area contributed by atoms with Crippen molar-refractivity contribution < 1.29 is 4.79 Å². The van der Waals surface area contributed by atoms with E-state index in [0.717, 1.165) is 37.9 Å². The zero-order valence-corrected chi connectivity index (χ0v) is 16.9. The molecule has 6 rings (SSSR count). The van der Waals surface area contributed by atoms with Gasteiger partial charge in [0, 0.05) is 17.9 Å². The molecule has 1 heterocycles. The Hall–Kier alpha value is -2.45. The third kappa shape index (κ3) is 2.42. The molecule has 2 heteroatoms. The van der Waals surface area contributed by atoms with Gasteiger partial charge in [-0.15, -0.1) is 0 Å². The van der Waals surface area contributed by atoms with Gasteiger partial charge in [0.05, 0.1) is 5.54 Å². The molecule has 0 aromatic heterocycles. The minimum absolute atomic E-state index is 0.0973. The van der Waals surface area contributed by atoms with Gasteiger partial charge in [-0.3, -0.25) is 9.69 Å². The largest absolute Gasteiger partial charge is 0.294 e. The van der Waals surface area contributed by atoms with Crippen LogP contribution < -0.4 is 0 Å². The number of Topliss-reactive ketones (excluding diaryl/α,β-unsaturated/α-hetero) is 1. The van der Waals surface area contributed by atoms with E-state index in [0.29, 0.717) is 18.1 Å². The van der Waals surface area contributed by atoms with E-state index in [1.165, 1.54) is 40.7 Å². The zero-order valence-electron chi connectivity index (χ0n) is 16.9. The van der Waals surface area contributed by atoms with E-state index in [9.17, 15) is 4.79 Å². The predicted molar refractivity (Wildman–Crippen MR) is 116 cm³/mol. The van der Waals surface area contributed by atoms with Crippen molar-refractivity contribution >= 4 is 11.4 Å². The fourth-order valence-corrected chi connectivity index (χ4v) is 6.51. The predicted octanol–water partition coefficient (Wildman–Crippen LogP) is 5.30. The Morgan fingerprint density at radius 1 is 0.862 bits per heavy atom. The first-order chi connectivity index (χ1) is 14.3. The number of carbonyl (C=O) groups excluding carboxylic acids is 1. The molecule has 2 unspecified atom stereocenters. The molecule has 29 heavy (non-hydrogen) atoms. The first-order valence-corrected chi connectivity index (χ1v) is 11.2. The number of nitrogens with zero attached hydrogens (tertiary/aromatic N) is 1. The Kier molecular flexibility index (Phi) is 3.92. The summed E-state index contributed by atoms with van der Waals surface area (Å²) in [6, 6.07) is 19.7. The van der Waals surface area contributed by atoms with Gasteiger partial charge in [0.1, 0.15) is 0 Å². The zero-order chi connectivity index (χ0) is 19.4. The Bertz CT molecular complexity index is 1040. The fourth-order valence-electron chi connectivity index (χ4n) is 6.51. The SMILES string of the molecule is O=C1CCC2=C1C(c1ccccc1)=CC1(N3CCCC3)c3ccccc3CCC21. The highest BCUT2D eigenvalue weighted by Gasteiger charge is 2.53. The number of hydrogen-bond acceptors (Lipinski definition) is 2. The van der Waals surface area contributed by atoms with E-state index < -0.39 is 0 Å². The third-order valence-corrected chi connectivity index (χ3v) is 7.67. The first kappa shape index (κ1) is 17.4. The maximum absolute atomic E-state index is 13.0. The number of likely N-dealkylation sites (tertiary alicyclic amines) is 1. The summed E-state index contributed by atoms with van der Waals surface area (Å²) in [4.78, 5) is 15.8. The monoisotopic (exact) mass is 381 g/mol. The van der Waals surface area contributed by atoms with Crippen LogP contribution in [0.1, 0.15) is 48.8 Å². The summed E-state index contributed by atoms with van der Waals surface area (Å²) in [5.74, 6) is 0.786. The van der Waals surface area contributed by atoms with Gasteiger partial charge in [0.15, 0.2) is 5.78 Å². The molecule has 2 aromatic rings. The number of fused-ring (bicyclic) bond motifs is 4. The highest BCUT2D eigenvalue weighted by atomic mass is 16.1. The van der Waals surface area contributed by atoms with Crippen LogP contribution in [0.4, 0.5) is 0 Å². The van der Waals surface area contributed by atoms with Crippen LogP contribution in [0.25, 0.3) is 5.57 Å². The van der Waals surface area contributed by atoms with Crippen LogP contribution in [-0.4, -0.2) is 23.8 Å². The molecule has 2 nitrogen and oxygen atoms in total. The van der Waals surface area contributed by atoms with Crippen LogP contribution in [0.2, 0.25) is 0 Å². The molecular weight excluding hydrogens is 354 g/mol. The molecule has 0 saturated carbocycles. The van der Waals surface area contributed by atoms with E-state index in [2.05, 4.69) is 65.6 Å². The molecule has 146 valence electrons. The van der Waals surface area contributed by atoms with Gasteiger partial charge in [0.25, 0.3) is 0 Å². The van der Waals surface area contributed by atoms with E-state index in [1.54, 1.807) is 0 Å². The number of benzene rings is 2. The first-order valence-electron chi connectivity index (χ1n) is 11.2. The maximum Gasteiger partial charge on any atom is 0.163 e. The molecule has 0 N–H and O–H groups in total. The number of carbonyl (C=O) groups is 1. The van der Waals surface area contributed by atoms with Crippen LogP contribution in [0.3, 0.4) is 0 Å². The lowest BCUT2D eigenvalue weighted by Gasteiger charge is -2.52. The molecule has 1 saturated heterocycles. The molecule has 2 atom stereocenters. The molecular formula is C27H27NO. The van der Waals surface area contributed by atoms with Gasteiger partial charge in [-0.05, 0) is 67.5 Å². The van der Waals surface area contributed by atoms with Gasteiger partial charge >= 0.3 is 0 Å². The molecule has 0 amide bonds. The molecule has 1 fully saturated rings. The summed E-state index contributed by atoms with van der Waals surface area (Å²) in [5, 5.41) is 0. The summed E-state index contributed by atoms with van der Waals surface area (Å²) < 4.78 is 0. The second kappa shape index (κ2) is 6.53. The lowest BCUT2D eigenvalue weighted by molar-refractivity contribution is -0.114. The second-order valence-corrected chi connectivity index (χ2v) is 9.02. The number of ketones is 1. The number of rotatable bonds is 2. The molecule has 0 bridgehead atoms. The van der Waals surface area contributed by atoms with E-state index in [4.69, 9.17) is 0 Å². The maximum atomic E-state index is 13.0. The number of hydrogen-bond donors (Lipinski definition) is 0. The van der Waals surface area contributed by atoms with Crippen LogP contribution in [0.15, 0.2) is 71.8 Å². The van der Waals surface area contributed by atoms with Crippen molar-refractivity contribution in [2.24, 2.45) is 5.92 Å². The number of allylic oxidation sites excluding steroid dienone is 2. The standard InChI is InChI=1S/C27H27NO/c29-25-15-13-21-24-14-12-20-10-4-5-11-23(20)27(24,28-16-6-7-17-28)18-22(26(21)25)19-8-2-1-3-9-19/h1-5,8-11,18,24H,6-7,12-17H2. The Balaban J connectivity index is 1.66. The van der Waals surface area contributed by atoms with Crippen molar-refractivity contribution in [2.45, 2.75) is 44.1 Å². The van der Waals surface area contributed by atoms with Crippen molar-refractivity contribution in [1.29, 1.82) is 0 Å². The Morgan fingerprint density at radius 3 is 2.45 bits per heavy atom. The molecule has 2 aromatic carbocycles. The smallest absolute Gasteiger partial charge is 0.163 e. The quantitative estimate of drug-likeness (QED) is 0.704. The van der Waals surface area contributed by atoms with E-state index in [1.807, 2.05) is 0 Å². The number of aryl methyl sites for hydroxylation is 1. The fraction of sp³-hybridized carbons (Fsp3) is 0.370. The molecule has 0 radical (unpaired) electrons. The van der Waals surface area contributed by atoms with Gasteiger partial charge in [-0.1, -0.05) is 66.2 Å². The third-order valence-electron chi connectivity index (χ3n) is 7.67. The van der Waals surface area contributed by atoms with Gasteiger partial charge in [-0.25, -0.2) is 0 Å². The Morgan fingerprint density at radius 2 is 1.62 bits per heavy atom. The normalized spacial score (nSPS) is 28.8. The van der Waals surface area contributed by atoms with Gasteiger partial charge in [-0.2, -0.15) is 0 Å². The van der Waals surface area contributed by atoms with Crippen LogP contribution >= 0.6 is 0 Å². The summed E-state index contributed by atoms with van der Waals surface area (Å²) in [6.45, 7) is 2.31. The highest BCUT2D eigenvalue weighted by Crippen LogP contribution is 2.57. The van der Waals surface area contributed by atoms with Gasteiger partial charge in [0.2, 0.25) is 0 Å². The summed E-state index contributed by atoms with van der Waals surface area (Å²) in [7, 11) is 0. The van der Waals surface area contributed by atoms with Crippen molar-refractivity contribution in [1.82, 2.24) is 4.90 Å². The van der Waals surface area contributed by atoms with Crippen molar-refractivity contribution in [2.75, 3.05) is 13.1 Å². The van der Waals surface area contributed by atoms with Crippen molar-refractivity contribution in [3.05, 3.63) is 88.5 Å². The average Bonchev–Trinajstić information content (AvgIpc) is 3.44. The summed E-state index contributed by atoms with van der Waals surface area (Å²) in [6.07, 6.45) is 8.96. The lowest BCUT2D eigenvalue weighted by Crippen LogP contribution is -2.53. The van der Waals surface area contributed by atoms with Crippen LogP contribution in [0.5, 0.6) is 0 Å². The molecule has 1 aliphatic heterocycles. The lowest BCUT2D eigenvalue weighted by atomic mass is 9.61. The topological polar surface area (TPSA) is 20.3 Å². The van der Waals surface area contributed by atoms with Crippen LogP contribution in [0, 0.1) is 5.92 Å². The van der Waals surface area contributed by atoms with Gasteiger partial charge < -0.3 is 0 Å². The Labute approximate surface area is 172 Å². The van der Waals surface area contributed by atoms with Crippen LogP contribution in [-0.2, 0) is 16.8 Å². The minimum Gasteiger partial charge on any atom is -0.294 e.